The Balaban J connectivity index is 2.34. The Morgan fingerprint density at radius 3 is 2.39 bits per heavy atom. The average Bonchev–Trinajstić information content (AvgIpc) is 2.63. The number of hydrogen-bond donors (Lipinski definition) is 1. The van der Waals surface area contributed by atoms with Gasteiger partial charge in [-0.2, -0.15) is 0 Å². The minimum absolute atomic E-state index is 0.321. The number of hydrogen-bond acceptors (Lipinski definition) is 5. The van der Waals surface area contributed by atoms with Crippen molar-refractivity contribution >= 4 is 0 Å². The van der Waals surface area contributed by atoms with Gasteiger partial charge in [0.25, 0.3) is 0 Å². The Hall–Kier alpha value is -1.30. The molecule has 1 unspecified atom stereocenters. The van der Waals surface area contributed by atoms with Crippen LogP contribution >= 0.6 is 0 Å². The first-order chi connectivity index (χ1) is 11.2. The quantitative estimate of drug-likeness (QED) is 0.792. The van der Waals surface area contributed by atoms with Crippen molar-refractivity contribution in [1.29, 1.82) is 0 Å². The summed E-state index contributed by atoms with van der Waals surface area (Å²) in [6.45, 7) is 11.8. The van der Waals surface area contributed by atoms with Crippen molar-refractivity contribution in [3.63, 3.8) is 0 Å². The van der Waals surface area contributed by atoms with Crippen LogP contribution in [-0.2, 0) is 0 Å². The molecule has 5 nitrogen and oxygen atoms in total. The molecule has 0 spiro atoms. The van der Waals surface area contributed by atoms with Gasteiger partial charge < -0.3 is 19.7 Å². The first kappa shape index (κ1) is 18.0. The SMILES string of the molecule is CCN(CC)CC(c1cc(OC)ccc1OC)N1CCNCC1. The maximum Gasteiger partial charge on any atom is 0.123 e. The molecular weight excluding hydrogens is 290 g/mol. The van der Waals surface area contributed by atoms with Crippen molar-refractivity contribution in [2.45, 2.75) is 19.9 Å². The lowest BCUT2D eigenvalue weighted by Crippen LogP contribution is -2.48. The van der Waals surface area contributed by atoms with Crippen LogP contribution in [0, 0.1) is 0 Å². The fourth-order valence-corrected chi connectivity index (χ4v) is 3.23. The topological polar surface area (TPSA) is 37.0 Å². The number of likely N-dealkylation sites (N-methyl/N-ethyl adjacent to an activating group) is 1. The van der Waals surface area contributed by atoms with E-state index in [9.17, 15) is 0 Å². The van der Waals surface area contributed by atoms with E-state index < -0.39 is 0 Å². The normalized spacial score (nSPS) is 17.3. The maximum absolute atomic E-state index is 5.65. The molecular formula is C18H31N3O2. The standard InChI is InChI=1S/C18H31N3O2/c1-5-20(6-2)14-17(21-11-9-19-10-12-21)16-13-15(22-3)7-8-18(16)23-4/h7-8,13,17,19H,5-6,9-12,14H2,1-4H3. The van der Waals surface area contributed by atoms with Crippen LogP contribution in [-0.4, -0.2) is 69.8 Å². The van der Waals surface area contributed by atoms with Gasteiger partial charge in [0.1, 0.15) is 11.5 Å². The molecule has 0 saturated carbocycles. The van der Waals surface area contributed by atoms with E-state index in [2.05, 4.69) is 35.0 Å². The molecule has 1 heterocycles. The van der Waals surface area contributed by atoms with E-state index in [0.717, 1.165) is 57.3 Å². The van der Waals surface area contributed by atoms with Crippen LogP contribution in [0.15, 0.2) is 18.2 Å². The first-order valence-corrected chi connectivity index (χ1v) is 8.62. The number of nitrogens with zero attached hydrogens (tertiary/aromatic N) is 2. The van der Waals surface area contributed by atoms with Gasteiger partial charge in [0.2, 0.25) is 0 Å². The van der Waals surface area contributed by atoms with E-state index in [1.165, 1.54) is 5.56 Å². The van der Waals surface area contributed by atoms with Crippen LogP contribution < -0.4 is 14.8 Å². The fourth-order valence-electron chi connectivity index (χ4n) is 3.23. The van der Waals surface area contributed by atoms with Crippen molar-refractivity contribution < 1.29 is 9.47 Å². The highest BCUT2D eigenvalue weighted by molar-refractivity contribution is 5.42. The summed E-state index contributed by atoms with van der Waals surface area (Å²) in [5.41, 5.74) is 1.22. The van der Waals surface area contributed by atoms with Crippen molar-refractivity contribution in [2.24, 2.45) is 0 Å². The van der Waals surface area contributed by atoms with Crippen LogP contribution in [0.25, 0.3) is 0 Å². The van der Waals surface area contributed by atoms with Crippen LogP contribution in [0.5, 0.6) is 11.5 Å². The Labute approximate surface area is 140 Å². The molecule has 1 saturated heterocycles. The summed E-state index contributed by atoms with van der Waals surface area (Å²) >= 11 is 0. The van der Waals surface area contributed by atoms with Gasteiger partial charge in [-0.1, -0.05) is 13.8 Å². The summed E-state index contributed by atoms with van der Waals surface area (Å²) in [5, 5.41) is 3.44. The Bertz CT molecular complexity index is 471. The van der Waals surface area contributed by atoms with Crippen molar-refractivity contribution in [3.8, 4) is 11.5 Å². The zero-order valence-electron chi connectivity index (χ0n) is 15.0. The lowest BCUT2D eigenvalue weighted by Gasteiger charge is -2.38. The largest absolute Gasteiger partial charge is 0.497 e. The predicted octanol–water partition coefficient (Wildman–Crippen LogP) is 1.99. The molecule has 2 rings (SSSR count). The minimum atomic E-state index is 0.321. The zero-order chi connectivity index (χ0) is 16.7. The molecule has 0 aromatic heterocycles. The smallest absolute Gasteiger partial charge is 0.123 e. The van der Waals surface area contributed by atoms with Gasteiger partial charge >= 0.3 is 0 Å². The molecule has 5 heteroatoms. The molecule has 0 amide bonds. The second-order valence-corrected chi connectivity index (χ2v) is 5.90. The fraction of sp³-hybridized carbons (Fsp3) is 0.667. The molecule has 1 aliphatic heterocycles. The van der Waals surface area contributed by atoms with Crippen molar-refractivity contribution in [1.82, 2.24) is 15.1 Å². The summed E-state index contributed by atoms with van der Waals surface area (Å²) in [7, 11) is 3.47. The third kappa shape index (κ3) is 4.59. The van der Waals surface area contributed by atoms with E-state index in [1.807, 2.05) is 12.1 Å². The highest BCUT2D eigenvalue weighted by atomic mass is 16.5. The van der Waals surface area contributed by atoms with E-state index in [4.69, 9.17) is 9.47 Å². The van der Waals surface area contributed by atoms with E-state index in [-0.39, 0.29) is 0 Å². The number of benzene rings is 1. The number of piperazine rings is 1. The first-order valence-electron chi connectivity index (χ1n) is 8.62. The molecule has 1 fully saturated rings. The van der Waals surface area contributed by atoms with Gasteiger partial charge in [0, 0.05) is 38.3 Å². The second-order valence-electron chi connectivity index (χ2n) is 5.90. The monoisotopic (exact) mass is 321 g/mol. The molecule has 0 radical (unpaired) electrons. The van der Waals surface area contributed by atoms with E-state index >= 15 is 0 Å². The van der Waals surface area contributed by atoms with Crippen LogP contribution in [0.3, 0.4) is 0 Å². The predicted molar refractivity (Wildman–Crippen MR) is 94.5 cm³/mol. The van der Waals surface area contributed by atoms with Crippen molar-refractivity contribution in [3.05, 3.63) is 23.8 Å². The third-order valence-corrected chi connectivity index (χ3v) is 4.71. The molecule has 130 valence electrons. The highest BCUT2D eigenvalue weighted by Crippen LogP contribution is 2.33. The molecule has 0 bridgehead atoms. The molecule has 1 aromatic rings. The summed E-state index contributed by atoms with van der Waals surface area (Å²) < 4.78 is 11.1. The lowest BCUT2D eigenvalue weighted by atomic mass is 10.0. The second kappa shape index (κ2) is 9.11. The molecule has 1 atom stereocenters. The Kier molecular flexibility index (Phi) is 7.15. The summed E-state index contributed by atoms with van der Waals surface area (Å²) in [4.78, 5) is 5.04. The number of methoxy groups -OCH3 is 2. The lowest BCUT2D eigenvalue weighted by molar-refractivity contribution is 0.127. The summed E-state index contributed by atoms with van der Waals surface area (Å²) in [6, 6.07) is 6.44. The maximum atomic E-state index is 5.65. The van der Waals surface area contributed by atoms with Crippen molar-refractivity contribution in [2.75, 3.05) is 60.0 Å². The van der Waals surface area contributed by atoms with Gasteiger partial charge in [0.05, 0.1) is 20.3 Å². The van der Waals surface area contributed by atoms with Crippen LogP contribution in [0.4, 0.5) is 0 Å². The van der Waals surface area contributed by atoms with E-state index in [0.29, 0.717) is 6.04 Å². The van der Waals surface area contributed by atoms with Crippen LogP contribution in [0.1, 0.15) is 25.5 Å². The molecule has 1 aromatic carbocycles. The minimum Gasteiger partial charge on any atom is -0.497 e. The summed E-state index contributed by atoms with van der Waals surface area (Å²) in [5.74, 6) is 1.84. The number of ether oxygens (including phenoxy) is 2. The number of nitrogens with one attached hydrogen (secondary N) is 1. The van der Waals surface area contributed by atoms with Gasteiger partial charge in [-0.05, 0) is 31.3 Å². The molecule has 23 heavy (non-hydrogen) atoms. The summed E-state index contributed by atoms with van der Waals surface area (Å²) in [6.07, 6.45) is 0. The average molecular weight is 321 g/mol. The zero-order valence-corrected chi connectivity index (χ0v) is 15.0. The molecule has 1 aliphatic rings. The Morgan fingerprint density at radius 1 is 1.13 bits per heavy atom. The molecule has 1 N–H and O–H groups in total. The Morgan fingerprint density at radius 2 is 1.83 bits per heavy atom. The van der Waals surface area contributed by atoms with Gasteiger partial charge in [0.15, 0.2) is 0 Å². The highest BCUT2D eigenvalue weighted by Gasteiger charge is 2.26. The van der Waals surface area contributed by atoms with Gasteiger partial charge in [-0.25, -0.2) is 0 Å². The van der Waals surface area contributed by atoms with Crippen LogP contribution in [0.2, 0.25) is 0 Å². The molecule has 0 aliphatic carbocycles. The third-order valence-electron chi connectivity index (χ3n) is 4.71. The van der Waals surface area contributed by atoms with Gasteiger partial charge in [-0.3, -0.25) is 4.90 Å². The van der Waals surface area contributed by atoms with Gasteiger partial charge in [-0.15, -0.1) is 0 Å². The van der Waals surface area contributed by atoms with E-state index in [1.54, 1.807) is 14.2 Å². The number of rotatable bonds is 8.